The molecule has 1 aromatic carbocycles. The first kappa shape index (κ1) is 14.0. The highest BCUT2D eigenvalue weighted by Crippen LogP contribution is 2.35. The zero-order valence-corrected chi connectivity index (χ0v) is 12.3. The van der Waals surface area contributed by atoms with Crippen molar-refractivity contribution in [2.45, 2.75) is 19.5 Å². The predicted molar refractivity (Wildman–Crippen MR) is 81.5 cm³/mol. The van der Waals surface area contributed by atoms with E-state index in [9.17, 15) is 9.18 Å². The van der Waals surface area contributed by atoms with Crippen LogP contribution in [0.4, 0.5) is 9.39 Å². The van der Waals surface area contributed by atoms with Crippen LogP contribution >= 0.6 is 11.3 Å². The first-order valence-electron chi connectivity index (χ1n) is 6.72. The maximum absolute atomic E-state index is 13.7. The summed E-state index contributed by atoms with van der Waals surface area (Å²) in [5.41, 5.74) is 13.4. The quantitative estimate of drug-likeness (QED) is 0.912. The standard InChI is InChI=1S/C15H16FN3OS/c16-11-4-2-1-3-9(11)7-19-6-5-10-12(8-19)21-15(18)13(10)14(17)20/h1-4H,5-8,18H2,(H2,17,20). The van der Waals surface area contributed by atoms with Gasteiger partial charge in [0, 0.05) is 30.1 Å². The topological polar surface area (TPSA) is 72.3 Å². The van der Waals surface area contributed by atoms with Crippen LogP contribution in [0.1, 0.15) is 26.4 Å². The SMILES string of the molecule is NC(=O)c1c(N)sc2c1CCN(Cc1ccccc1F)C2. The van der Waals surface area contributed by atoms with Crippen LogP contribution in [0.15, 0.2) is 24.3 Å². The second kappa shape index (κ2) is 5.46. The molecule has 2 heterocycles. The van der Waals surface area contributed by atoms with Crippen molar-refractivity contribution in [3.05, 3.63) is 51.7 Å². The monoisotopic (exact) mass is 305 g/mol. The Balaban J connectivity index is 1.81. The van der Waals surface area contributed by atoms with E-state index in [1.165, 1.54) is 17.4 Å². The Morgan fingerprint density at radius 2 is 2.14 bits per heavy atom. The van der Waals surface area contributed by atoms with Gasteiger partial charge in [0.2, 0.25) is 0 Å². The van der Waals surface area contributed by atoms with Crippen LogP contribution in [0, 0.1) is 5.82 Å². The molecule has 0 saturated carbocycles. The van der Waals surface area contributed by atoms with Crippen LogP contribution in [0.5, 0.6) is 0 Å². The second-order valence-electron chi connectivity index (χ2n) is 5.16. The van der Waals surface area contributed by atoms with Gasteiger partial charge >= 0.3 is 0 Å². The molecule has 0 aliphatic carbocycles. The number of benzene rings is 1. The molecule has 3 rings (SSSR count). The Morgan fingerprint density at radius 1 is 1.38 bits per heavy atom. The van der Waals surface area contributed by atoms with Gasteiger partial charge in [0.05, 0.1) is 10.6 Å². The molecule has 6 heteroatoms. The van der Waals surface area contributed by atoms with E-state index in [2.05, 4.69) is 4.90 Å². The van der Waals surface area contributed by atoms with Gasteiger partial charge in [0.15, 0.2) is 0 Å². The number of hydrogen-bond donors (Lipinski definition) is 2. The molecule has 0 atom stereocenters. The number of carbonyl (C=O) groups excluding carboxylic acids is 1. The molecule has 4 nitrogen and oxygen atoms in total. The fraction of sp³-hybridized carbons (Fsp3) is 0.267. The zero-order valence-electron chi connectivity index (χ0n) is 11.4. The number of thiophene rings is 1. The number of halogens is 1. The second-order valence-corrected chi connectivity index (χ2v) is 6.30. The number of nitrogen functional groups attached to an aromatic ring is 1. The van der Waals surface area contributed by atoms with E-state index in [1.807, 2.05) is 6.07 Å². The minimum atomic E-state index is -0.465. The summed E-state index contributed by atoms with van der Waals surface area (Å²) in [6.07, 6.45) is 0.718. The Hall–Kier alpha value is -1.92. The molecule has 21 heavy (non-hydrogen) atoms. The number of nitrogens with zero attached hydrogens (tertiary/aromatic N) is 1. The number of rotatable bonds is 3. The highest BCUT2D eigenvalue weighted by atomic mass is 32.1. The van der Waals surface area contributed by atoms with Crippen LogP contribution in [0.25, 0.3) is 0 Å². The Morgan fingerprint density at radius 3 is 2.86 bits per heavy atom. The highest BCUT2D eigenvalue weighted by molar-refractivity contribution is 7.16. The van der Waals surface area contributed by atoms with Crippen LogP contribution < -0.4 is 11.5 Å². The lowest BCUT2D eigenvalue weighted by Gasteiger charge is -2.27. The Kier molecular flexibility index (Phi) is 3.65. The molecule has 1 amide bonds. The van der Waals surface area contributed by atoms with Gasteiger partial charge in [-0.15, -0.1) is 11.3 Å². The number of hydrogen-bond acceptors (Lipinski definition) is 4. The molecule has 0 bridgehead atoms. The summed E-state index contributed by atoms with van der Waals surface area (Å²) in [5.74, 6) is -0.653. The van der Waals surface area contributed by atoms with E-state index in [4.69, 9.17) is 11.5 Å². The molecule has 0 saturated heterocycles. The first-order valence-corrected chi connectivity index (χ1v) is 7.53. The number of anilines is 1. The van der Waals surface area contributed by atoms with E-state index in [1.54, 1.807) is 12.1 Å². The number of fused-ring (bicyclic) bond motifs is 1. The van der Waals surface area contributed by atoms with Gasteiger partial charge in [-0.2, -0.15) is 0 Å². The van der Waals surface area contributed by atoms with E-state index in [0.29, 0.717) is 29.2 Å². The molecule has 0 radical (unpaired) electrons. The maximum Gasteiger partial charge on any atom is 0.251 e. The predicted octanol–water partition coefficient (Wildman–Crippen LogP) is 2.13. The van der Waals surface area contributed by atoms with Gasteiger partial charge in [-0.05, 0) is 18.1 Å². The average molecular weight is 305 g/mol. The third-order valence-corrected chi connectivity index (χ3v) is 4.81. The normalized spacial score (nSPS) is 14.9. The summed E-state index contributed by atoms with van der Waals surface area (Å²) < 4.78 is 13.7. The molecule has 0 spiro atoms. The van der Waals surface area contributed by atoms with Crippen molar-refractivity contribution in [1.82, 2.24) is 4.90 Å². The van der Waals surface area contributed by atoms with Gasteiger partial charge < -0.3 is 11.5 Å². The largest absolute Gasteiger partial charge is 0.390 e. The third kappa shape index (κ3) is 2.64. The molecule has 1 aliphatic heterocycles. The summed E-state index contributed by atoms with van der Waals surface area (Å²) in [7, 11) is 0. The van der Waals surface area contributed by atoms with E-state index in [0.717, 1.165) is 23.4 Å². The van der Waals surface area contributed by atoms with Crippen LogP contribution in [-0.2, 0) is 19.5 Å². The lowest BCUT2D eigenvalue weighted by molar-refractivity contribution is 0.1000. The van der Waals surface area contributed by atoms with Gasteiger partial charge in [-0.25, -0.2) is 4.39 Å². The summed E-state index contributed by atoms with van der Waals surface area (Å²) in [6, 6.07) is 6.79. The molecule has 1 aromatic heterocycles. The molecule has 4 N–H and O–H groups in total. The van der Waals surface area contributed by atoms with Crippen molar-refractivity contribution in [3.8, 4) is 0 Å². The number of amides is 1. The minimum absolute atomic E-state index is 0.188. The molecule has 2 aromatic rings. The summed E-state index contributed by atoms with van der Waals surface area (Å²) in [6.45, 7) is 1.99. The summed E-state index contributed by atoms with van der Waals surface area (Å²) in [4.78, 5) is 14.7. The van der Waals surface area contributed by atoms with Crippen molar-refractivity contribution < 1.29 is 9.18 Å². The van der Waals surface area contributed by atoms with Crippen molar-refractivity contribution in [2.24, 2.45) is 5.73 Å². The number of nitrogens with two attached hydrogens (primary N) is 2. The molecule has 0 fully saturated rings. The van der Waals surface area contributed by atoms with Crippen molar-refractivity contribution in [3.63, 3.8) is 0 Å². The molecule has 110 valence electrons. The Labute approximate surface area is 126 Å². The van der Waals surface area contributed by atoms with Crippen molar-refractivity contribution >= 4 is 22.2 Å². The molecule has 1 aliphatic rings. The fourth-order valence-electron chi connectivity index (χ4n) is 2.75. The average Bonchev–Trinajstić information content (AvgIpc) is 2.76. The van der Waals surface area contributed by atoms with Gasteiger partial charge in [-0.1, -0.05) is 18.2 Å². The lowest BCUT2D eigenvalue weighted by atomic mass is 10.0. The first-order chi connectivity index (χ1) is 10.1. The van der Waals surface area contributed by atoms with Crippen molar-refractivity contribution in [1.29, 1.82) is 0 Å². The van der Waals surface area contributed by atoms with E-state index in [-0.39, 0.29) is 5.82 Å². The molecular formula is C15H16FN3OS. The summed E-state index contributed by atoms with van der Waals surface area (Å²) in [5, 5.41) is 0.486. The van der Waals surface area contributed by atoms with Crippen molar-refractivity contribution in [2.75, 3.05) is 12.3 Å². The smallest absolute Gasteiger partial charge is 0.251 e. The van der Waals surface area contributed by atoms with Gasteiger partial charge in [0.1, 0.15) is 5.82 Å². The molecule has 0 unspecified atom stereocenters. The van der Waals surface area contributed by atoms with E-state index >= 15 is 0 Å². The highest BCUT2D eigenvalue weighted by Gasteiger charge is 2.26. The van der Waals surface area contributed by atoms with Crippen LogP contribution in [-0.4, -0.2) is 17.4 Å². The lowest BCUT2D eigenvalue weighted by Crippen LogP contribution is -2.30. The number of primary amides is 1. The van der Waals surface area contributed by atoms with Gasteiger partial charge in [0.25, 0.3) is 5.91 Å². The summed E-state index contributed by atoms with van der Waals surface area (Å²) >= 11 is 1.41. The van der Waals surface area contributed by atoms with E-state index < -0.39 is 5.91 Å². The van der Waals surface area contributed by atoms with Gasteiger partial charge in [-0.3, -0.25) is 9.69 Å². The molecular weight excluding hydrogens is 289 g/mol. The Bertz CT molecular complexity index is 698. The minimum Gasteiger partial charge on any atom is -0.390 e. The fourth-order valence-corrected chi connectivity index (χ4v) is 3.92. The zero-order chi connectivity index (χ0) is 15.0. The van der Waals surface area contributed by atoms with Crippen LogP contribution in [0.2, 0.25) is 0 Å². The third-order valence-electron chi connectivity index (χ3n) is 3.76. The number of carbonyl (C=O) groups is 1. The van der Waals surface area contributed by atoms with Crippen LogP contribution in [0.3, 0.4) is 0 Å². The maximum atomic E-state index is 13.7.